The van der Waals surface area contributed by atoms with Crippen LogP contribution in [0.4, 0.5) is 4.39 Å². The van der Waals surface area contributed by atoms with Gasteiger partial charge >= 0.3 is 0 Å². The number of methoxy groups -OCH3 is 1. The maximum atomic E-state index is 13.5. The summed E-state index contributed by atoms with van der Waals surface area (Å²) in [6.45, 7) is 6.27. The number of halogens is 1. The van der Waals surface area contributed by atoms with Gasteiger partial charge in [0.2, 0.25) is 0 Å². The number of nitrogens with one attached hydrogen (secondary N) is 1. The van der Waals surface area contributed by atoms with Crippen molar-refractivity contribution in [2.24, 2.45) is 0 Å². The Labute approximate surface area is 108 Å². The second-order valence-electron chi connectivity index (χ2n) is 4.71. The molecule has 1 aromatic rings. The molecule has 102 valence electrons. The molecule has 3 nitrogen and oxygen atoms in total. The highest BCUT2D eigenvalue weighted by Crippen LogP contribution is 2.19. The molecule has 2 atom stereocenters. The number of ether oxygens (including phenoxy) is 1. The Bertz CT molecular complexity index is 372. The summed E-state index contributed by atoms with van der Waals surface area (Å²) >= 11 is 0. The van der Waals surface area contributed by atoms with Crippen LogP contribution in [0.1, 0.15) is 29.7 Å². The largest absolute Gasteiger partial charge is 0.389 e. The lowest BCUT2D eigenvalue weighted by molar-refractivity contribution is 0.0630. The Hall–Kier alpha value is -0.970. The number of rotatable bonds is 6. The topological polar surface area (TPSA) is 41.5 Å². The zero-order chi connectivity index (χ0) is 13.7. The van der Waals surface area contributed by atoms with Gasteiger partial charge in [-0.25, -0.2) is 4.39 Å². The summed E-state index contributed by atoms with van der Waals surface area (Å²) in [5.41, 5.74) is 2.32. The van der Waals surface area contributed by atoms with Gasteiger partial charge < -0.3 is 15.2 Å². The predicted molar refractivity (Wildman–Crippen MR) is 70.2 cm³/mol. The average Bonchev–Trinajstić information content (AvgIpc) is 2.32. The van der Waals surface area contributed by atoms with Gasteiger partial charge in [0, 0.05) is 19.7 Å². The van der Waals surface area contributed by atoms with E-state index < -0.39 is 6.10 Å². The van der Waals surface area contributed by atoms with Crippen LogP contribution in [0, 0.1) is 19.7 Å². The van der Waals surface area contributed by atoms with Crippen LogP contribution in [0.15, 0.2) is 12.1 Å². The van der Waals surface area contributed by atoms with Crippen LogP contribution in [0.5, 0.6) is 0 Å². The minimum atomic E-state index is -0.528. The first kappa shape index (κ1) is 15.1. The molecule has 0 radical (unpaired) electrons. The smallest absolute Gasteiger partial charge is 0.129 e. The van der Waals surface area contributed by atoms with E-state index in [-0.39, 0.29) is 11.9 Å². The molecule has 0 aliphatic rings. The molecule has 4 heteroatoms. The second-order valence-corrected chi connectivity index (χ2v) is 4.71. The molecule has 0 aliphatic heterocycles. The van der Waals surface area contributed by atoms with E-state index in [1.165, 1.54) is 0 Å². The van der Waals surface area contributed by atoms with E-state index in [2.05, 4.69) is 5.32 Å². The van der Waals surface area contributed by atoms with Crippen molar-refractivity contribution in [2.75, 3.05) is 20.3 Å². The summed E-state index contributed by atoms with van der Waals surface area (Å²) < 4.78 is 18.4. The highest BCUT2D eigenvalue weighted by atomic mass is 19.1. The fraction of sp³-hybridized carbons (Fsp3) is 0.571. The van der Waals surface area contributed by atoms with Gasteiger partial charge in [-0.05, 0) is 37.5 Å². The van der Waals surface area contributed by atoms with Crippen LogP contribution < -0.4 is 5.32 Å². The maximum Gasteiger partial charge on any atom is 0.129 e. The lowest BCUT2D eigenvalue weighted by Crippen LogP contribution is -2.31. The fourth-order valence-electron chi connectivity index (χ4n) is 1.91. The van der Waals surface area contributed by atoms with E-state index >= 15 is 0 Å². The lowest BCUT2D eigenvalue weighted by atomic mass is 10.0. The molecule has 0 aromatic heterocycles. The Morgan fingerprint density at radius 3 is 2.39 bits per heavy atom. The maximum absolute atomic E-state index is 13.5. The van der Waals surface area contributed by atoms with Gasteiger partial charge in [0.1, 0.15) is 5.82 Å². The quantitative estimate of drug-likeness (QED) is 0.818. The Kier molecular flexibility index (Phi) is 5.72. The standard InChI is InChI=1S/C14H22FNO2/c1-9-5-12(6-10(2)14(9)15)11(3)16-7-13(17)8-18-4/h5-6,11,13,16-17H,7-8H2,1-4H3. The Morgan fingerprint density at radius 2 is 1.89 bits per heavy atom. The summed E-state index contributed by atoms with van der Waals surface area (Å²) in [6.07, 6.45) is -0.528. The molecule has 0 bridgehead atoms. The number of aliphatic hydroxyl groups excluding tert-OH is 1. The molecule has 0 saturated carbocycles. The normalized spacial score (nSPS) is 14.6. The molecule has 2 N–H and O–H groups in total. The van der Waals surface area contributed by atoms with Crippen molar-refractivity contribution < 1.29 is 14.2 Å². The van der Waals surface area contributed by atoms with Crippen molar-refractivity contribution in [3.63, 3.8) is 0 Å². The molecule has 0 aliphatic carbocycles. The summed E-state index contributed by atoms with van der Waals surface area (Å²) in [6, 6.07) is 3.74. The minimum absolute atomic E-state index is 0.0644. The number of hydrogen-bond donors (Lipinski definition) is 2. The monoisotopic (exact) mass is 255 g/mol. The fourth-order valence-corrected chi connectivity index (χ4v) is 1.91. The highest BCUT2D eigenvalue weighted by molar-refractivity contribution is 5.32. The van der Waals surface area contributed by atoms with E-state index in [4.69, 9.17) is 4.74 Å². The van der Waals surface area contributed by atoms with Gasteiger partial charge in [0.05, 0.1) is 12.7 Å². The van der Waals surface area contributed by atoms with Gasteiger partial charge in [-0.1, -0.05) is 12.1 Å². The van der Waals surface area contributed by atoms with E-state index in [0.717, 1.165) is 5.56 Å². The van der Waals surface area contributed by atoms with E-state index in [9.17, 15) is 9.50 Å². The predicted octanol–water partition coefficient (Wildman–Crippen LogP) is 2.10. The molecule has 0 fully saturated rings. The van der Waals surface area contributed by atoms with Gasteiger partial charge in [-0.3, -0.25) is 0 Å². The molecule has 18 heavy (non-hydrogen) atoms. The molecular weight excluding hydrogens is 233 g/mol. The van der Waals surface area contributed by atoms with Crippen LogP contribution in [0.3, 0.4) is 0 Å². The number of benzene rings is 1. The van der Waals surface area contributed by atoms with Crippen LogP contribution in [0.25, 0.3) is 0 Å². The highest BCUT2D eigenvalue weighted by Gasteiger charge is 2.11. The SMILES string of the molecule is COCC(O)CNC(C)c1cc(C)c(F)c(C)c1. The lowest BCUT2D eigenvalue weighted by Gasteiger charge is -2.18. The molecule has 0 spiro atoms. The molecule has 0 saturated heterocycles. The van der Waals surface area contributed by atoms with Gasteiger partial charge in [-0.15, -0.1) is 0 Å². The van der Waals surface area contributed by atoms with E-state index in [0.29, 0.717) is 24.3 Å². The Morgan fingerprint density at radius 1 is 1.33 bits per heavy atom. The zero-order valence-electron chi connectivity index (χ0n) is 11.5. The molecule has 2 unspecified atom stereocenters. The molecule has 0 amide bonds. The molecule has 1 aromatic carbocycles. The average molecular weight is 255 g/mol. The van der Waals surface area contributed by atoms with Gasteiger partial charge in [0.15, 0.2) is 0 Å². The molecule has 1 rings (SSSR count). The van der Waals surface area contributed by atoms with Gasteiger partial charge in [0.25, 0.3) is 0 Å². The Balaban J connectivity index is 2.64. The minimum Gasteiger partial charge on any atom is -0.389 e. The summed E-state index contributed by atoms with van der Waals surface area (Å²) in [7, 11) is 1.55. The number of aryl methyl sites for hydroxylation is 2. The van der Waals surface area contributed by atoms with Crippen molar-refractivity contribution in [3.8, 4) is 0 Å². The van der Waals surface area contributed by atoms with E-state index in [1.54, 1.807) is 21.0 Å². The third-order valence-electron chi connectivity index (χ3n) is 2.98. The first-order valence-electron chi connectivity index (χ1n) is 6.12. The van der Waals surface area contributed by atoms with Crippen LogP contribution in [0.2, 0.25) is 0 Å². The summed E-state index contributed by atoms with van der Waals surface area (Å²) in [4.78, 5) is 0. The summed E-state index contributed by atoms with van der Waals surface area (Å²) in [5, 5.41) is 12.8. The zero-order valence-corrected chi connectivity index (χ0v) is 11.5. The van der Waals surface area contributed by atoms with E-state index in [1.807, 2.05) is 19.1 Å². The van der Waals surface area contributed by atoms with Crippen molar-refractivity contribution in [2.45, 2.75) is 32.9 Å². The van der Waals surface area contributed by atoms with Crippen LogP contribution in [-0.2, 0) is 4.74 Å². The number of hydrogen-bond acceptors (Lipinski definition) is 3. The van der Waals surface area contributed by atoms with Crippen molar-refractivity contribution >= 4 is 0 Å². The van der Waals surface area contributed by atoms with Crippen molar-refractivity contribution in [3.05, 3.63) is 34.6 Å². The van der Waals surface area contributed by atoms with Crippen LogP contribution in [-0.4, -0.2) is 31.5 Å². The third-order valence-corrected chi connectivity index (χ3v) is 2.98. The second kappa shape index (κ2) is 6.83. The van der Waals surface area contributed by atoms with Crippen LogP contribution >= 0.6 is 0 Å². The van der Waals surface area contributed by atoms with Gasteiger partial charge in [-0.2, -0.15) is 0 Å². The first-order chi connectivity index (χ1) is 8.45. The number of aliphatic hydroxyl groups is 1. The third kappa shape index (κ3) is 4.05. The summed E-state index contributed by atoms with van der Waals surface area (Å²) in [5.74, 6) is -0.148. The first-order valence-corrected chi connectivity index (χ1v) is 6.12. The van der Waals surface area contributed by atoms with Crippen molar-refractivity contribution in [1.82, 2.24) is 5.32 Å². The molecule has 0 heterocycles. The molecular formula is C14H22FNO2. The van der Waals surface area contributed by atoms with Crippen molar-refractivity contribution in [1.29, 1.82) is 0 Å².